The van der Waals surface area contributed by atoms with Gasteiger partial charge in [-0.2, -0.15) is 0 Å². The van der Waals surface area contributed by atoms with Crippen LogP contribution in [0.5, 0.6) is 5.75 Å². The first-order valence-electron chi connectivity index (χ1n) is 2.84. The summed E-state index contributed by atoms with van der Waals surface area (Å²) in [6.45, 7) is 3.13. The summed E-state index contributed by atoms with van der Waals surface area (Å²) in [5.74, 6) is -0.687. The van der Waals surface area contributed by atoms with Crippen molar-refractivity contribution in [2.24, 2.45) is 0 Å². The van der Waals surface area contributed by atoms with Gasteiger partial charge in [-0.3, -0.25) is 0 Å². The average Bonchev–Trinajstić information content (AvgIpc) is 1.88. The van der Waals surface area contributed by atoms with E-state index < -0.39 is 5.76 Å². The van der Waals surface area contributed by atoms with Crippen molar-refractivity contribution in [2.45, 2.75) is 0 Å². The van der Waals surface area contributed by atoms with Gasteiger partial charge >= 0.3 is 0 Å². The van der Waals surface area contributed by atoms with Gasteiger partial charge in [0, 0.05) is 0 Å². The average molecular weight is 134 g/mol. The molecule has 0 aliphatic carbocycles. The predicted molar refractivity (Wildman–Crippen MR) is 34.9 cm³/mol. The van der Waals surface area contributed by atoms with Crippen LogP contribution in [0, 0.1) is 0 Å². The Morgan fingerprint density at radius 2 is 1.90 bits per heavy atom. The van der Waals surface area contributed by atoms with Gasteiger partial charge in [-0.25, -0.2) is 0 Å². The Balaban J connectivity index is 3.15. The van der Waals surface area contributed by atoms with Gasteiger partial charge in [-0.05, 0) is 5.56 Å². The van der Waals surface area contributed by atoms with Crippen LogP contribution in [0.25, 0.3) is 5.76 Å². The first-order valence-corrected chi connectivity index (χ1v) is 2.84. The highest BCUT2D eigenvalue weighted by molar-refractivity contribution is 5.60. The van der Waals surface area contributed by atoms with Gasteiger partial charge in [0.15, 0.2) is 0 Å². The van der Waals surface area contributed by atoms with Crippen LogP contribution in [0.15, 0.2) is 30.8 Å². The maximum Gasteiger partial charge on any atom is -0.0420 e. The SMILES string of the molecule is C=C([O-])c1ccccc1[O-]. The summed E-state index contributed by atoms with van der Waals surface area (Å²) in [4.78, 5) is 0. The molecule has 0 amide bonds. The van der Waals surface area contributed by atoms with Gasteiger partial charge < -0.3 is 10.2 Å². The topological polar surface area (TPSA) is 46.1 Å². The summed E-state index contributed by atoms with van der Waals surface area (Å²) in [5, 5.41) is 21.4. The third-order valence-electron chi connectivity index (χ3n) is 1.19. The molecule has 2 nitrogen and oxygen atoms in total. The molecule has 0 aliphatic rings. The zero-order chi connectivity index (χ0) is 7.56. The molecule has 0 radical (unpaired) electrons. The van der Waals surface area contributed by atoms with Crippen LogP contribution >= 0.6 is 0 Å². The summed E-state index contributed by atoms with van der Waals surface area (Å²) in [7, 11) is 0. The molecule has 0 N–H and O–H groups in total. The Kier molecular flexibility index (Phi) is 1.63. The molecular weight excluding hydrogens is 128 g/mol. The van der Waals surface area contributed by atoms with E-state index in [1.54, 1.807) is 12.1 Å². The van der Waals surface area contributed by atoms with Gasteiger partial charge in [0.1, 0.15) is 0 Å². The lowest BCUT2D eigenvalue weighted by molar-refractivity contribution is -0.274. The fraction of sp³-hybridized carbons (Fsp3) is 0. The number of hydrogen-bond acceptors (Lipinski definition) is 2. The number of para-hydroxylation sites is 1. The normalized spacial score (nSPS) is 9.20. The van der Waals surface area contributed by atoms with E-state index in [0.717, 1.165) is 0 Å². The maximum absolute atomic E-state index is 10.8. The molecular formula is C8H6O2-2. The number of rotatable bonds is 1. The van der Waals surface area contributed by atoms with E-state index in [9.17, 15) is 10.2 Å². The molecule has 1 aromatic carbocycles. The van der Waals surface area contributed by atoms with Gasteiger partial charge in [0.25, 0.3) is 0 Å². The second-order valence-corrected chi connectivity index (χ2v) is 1.92. The first kappa shape index (κ1) is 6.68. The molecule has 0 saturated carbocycles. The Morgan fingerprint density at radius 1 is 1.30 bits per heavy atom. The van der Waals surface area contributed by atoms with Crippen LogP contribution in [0.3, 0.4) is 0 Å². The van der Waals surface area contributed by atoms with Crippen molar-refractivity contribution in [3.8, 4) is 5.75 Å². The second-order valence-electron chi connectivity index (χ2n) is 1.92. The predicted octanol–water partition coefficient (Wildman–Crippen LogP) is 0.0912. The zero-order valence-electron chi connectivity index (χ0n) is 5.33. The van der Waals surface area contributed by atoms with E-state index in [1.807, 2.05) is 0 Å². The zero-order valence-corrected chi connectivity index (χ0v) is 5.33. The minimum Gasteiger partial charge on any atom is -0.872 e. The highest BCUT2D eigenvalue weighted by Crippen LogP contribution is 2.15. The standard InChI is InChI=1S/C8H8O2/c1-6(9)7-4-2-3-5-8(7)10/h2-5,9-10H,1H2/p-2. The largest absolute Gasteiger partial charge is 0.872 e. The Bertz CT molecular complexity index is 253. The fourth-order valence-electron chi connectivity index (χ4n) is 0.697. The highest BCUT2D eigenvalue weighted by atomic mass is 16.3. The molecule has 52 valence electrons. The van der Waals surface area contributed by atoms with Gasteiger partial charge in [-0.15, -0.1) is 18.1 Å². The van der Waals surface area contributed by atoms with Crippen molar-refractivity contribution in [1.29, 1.82) is 0 Å². The summed E-state index contributed by atoms with van der Waals surface area (Å²) >= 11 is 0. The van der Waals surface area contributed by atoms with Crippen molar-refractivity contribution in [1.82, 2.24) is 0 Å². The summed E-state index contributed by atoms with van der Waals surface area (Å²) in [6, 6.07) is 6.05. The van der Waals surface area contributed by atoms with Crippen LogP contribution in [-0.4, -0.2) is 0 Å². The molecule has 0 fully saturated rings. The molecule has 1 rings (SSSR count). The van der Waals surface area contributed by atoms with Gasteiger partial charge in [0.2, 0.25) is 0 Å². The molecule has 2 heteroatoms. The molecule has 0 spiro atoms. The smallest absolute Gasteiger partial charge is 0.0420 e. The van der Waals surface area contributed by atoms with E-state index >= 15 is 0 Å². The maximum atomic E-state index is 10.8. The van der Waals surface area contributed by atoms with Crippen molar-refractivity contribution in [3.05, 3.63) is 36.4 Å². The van der Waals surface area contributed by atoms with Gasteiger partial charge in [-0.1, -0.05) is 24.3 Å². The molecule has 0 heterocycles. The lowest BCUT2D eigenvalue weighted by Gasteiger charge is -2.17. The monoisotopic (exact) mass is 134 g/mol. The lowest BCUT2D eigenvalue weighted by atomic mass is 10.2. The summed E-state index contributed by atoms with van der Waals surface area (Å²) in [6.07, 6.45) is 0. The van der Waals surface area contributed by atoms with E-state index in [2.05, 4.69) is 6.58 Å². The van der Waals surface area contributed by atoms with E-state index in [-0.39, 0.29) is 11.3 Å². The third kappa shape index (κ3) is 1.10. The molecule has 0 bridgehead atoms. The van der Waals surface area contributed by atoms with Crippen molar-refractivity contribution >= 4 is 5.76 Å². The summed E-state index contributed by atoms with van der Waals surface area (Å²) in [5.41, 5.74) is 0.155. The van der Waals surface area contributed by atoms with Gasteiger partial charge in [0.05, 0.1) is 0 Å². The molecule has 0 aliphatic heterocycles. The van der Waals surface area contributed by atoms with Crippen LogP contribution in [0.4, 0.5) is 0 Å². The minimum atomic E-state index is -0.425. The van der Waals surface area contributed by atoms with Crippen molar-refractivity contribution in [3.63, 3.8) is 0 Å². The Morgan fingerprint density at radius 3 is 2.30 bits per heavy atom. The van der Waals surface area contributed by atoms with Crippen LogP contribution in [0.1, 0.15) is 5.56 Å². The van der Waals surface area contributed by atoms with Crippen LogP contribution < -0.4 is 10.2 Å². The quantitative estimate of drug-likeness (QED) is 0.511. The molecule has 1 aromatic rings. The second kappa shape index (κ2) is 2.43. The molecule has 10 heavy (non-hydrogen) atoms. The number of hydrogen-bond donors (Lipinski definition) is 0. The molecule has 0 atom stereocenters. The first-order chi connectivity index (χ1) is 4.72. The lowest BCUT2D eigenvalue weighted by Crippen LogP contribution is -2.03. The van der Waals surface area contributed by atoms with E-state index in [4.69, 9.17) is 0 Å². The molecule has 0 saturated heterocycles. The van der Waals surface area contributed by atoms with E-state index in [1.165, 1.54) is 12.1 Å². The Hall–Kier alpha value is -1.44. The fourth-order valence-corrected chi connectivity index (χ4v) is 0.697. The van der Waals surface area contributed by atoms with Crippen molar-refractivity contribution in [2.75, 3.05) is 0 Å². The minimum absolute atomic E-state index is 0.155. The molecule has 0 aromatic heterocycles. The van der Waals surface area contributed by atoms with E-state index in [0.29, 0.717) is 0 Å². The molecule has 0 unspecified atom stereocenters. The Labute approximate surface area is 59.1 Å². The number of benzene rings is 1. The van der Waals surface area contributed by atoms with Crippen molar-refractivity contribution < 1.29 is 10.2 Å². The summed E-state index contributed by atoms with van der Waals surface area (Å²) < 4.78 is 0. The van der Waals surface area contributed by atoms with Crippen LogP contribution in [0.2, 0.25) is 0 Å². The van der Waals surface area contributed by atoms with Crippen LogP contribution in [-0.2, 0) is 0 Å². The third-order valence-corrected chi connectivity index (χ3v) is 1.19. The highest BCUT2D eigenvalue weighted by Gasteiger charge is 1.85.